The van der Waals surface area contributed by atoms with E-state index in [1.165, 1.54) is 25.7 Å². The number of nitrogens with zero attached hydrogens (tertiary/aromatic N) is 2. The van der Waals surface area contributed by atoms with Gasteiger partial charge >= 0.3 is 0 Å². The molecule has 24 heavy (non-hydrogen) atoms. The number of aromatic amines is 1. The van der Waals surface area contributed by atoms with Crippen molar-refractivity contribution in [3.8, 4) is 11.4 Å². The van der Waals surface area contributed by atoms with Gasteiger partial charge in [-0.15, -0.1) is 12.4 Å². The number of carbonyl (C=O) groups is 1. The van der Waals surface area contributed by atoms with Crippen LogP contribution in [-0.4, -0.2) is 34.2 Å². The lowest BCUT2D eigenvalue weighted by Gasteiger charge is -2.07. The van der Waals surface area contributed by atoms with E-state index in [2.05, 4.69) is 25.8 Å². The van der Waals surface area contributed by atoms with Gasteiger partial charge in [0, 0.05) is 17.2 Å². The molecule has 0 radical (unpaired) electrons. The van der Waals surface area contributed by atoms with Gasteiger partial charge in [0.25, 0.3) is 0 Å². The third-order valence-corrected chi connectivity index (χ3v) is 4.29. The first kappa shape index (κ1) is 16.9. The quantitative estimate of drug-likeness (QED) is 0.719. The lowest BCUT2D eigenvalue weighted by Crippen LogP contribution is -2.29. The van der Waals surface area contributed by atoms with Crippen molar-refractivity contribution in [1.29, 1.82) is 0 Å². The molecule has 0 saturated heterocycles. The Hall–Kier alpha value is -1.92. The maximum atomic E-state index is 12.0. The Balaban J connectivity index is 0.00000169. The molecule has 2 aliphatic carbocycles. The van der Waals surface area contributed by atoms with Crippen molar-refractivity contribution >= 4 is 24.0 Å². The number of aromatic nitrogens is 3. The Morgan fingerprint density at radius 1 is 1.25 bits per heavy atom. The number of amides is 1. The molecule has 1 aromatic carbocycles. The van der Waals surface area contributed by atoms with Gasteiger partial charge in [-0.3, -0.25) is 9.89 Å². The molecule has 0 aliphatic heterocycles. The van der Waals surface area contributed by atoms with Crippen LogP contribution in [0.1, 0.15) is 37.4 Å². The predicted molar refractivity (Wildman–Crippen MR) is 95.3 cm³/mol. The molecule has 0 bridgehead atoms. The van der Waals surface area contributed by atoms with Gasteiger partial charge in [0.1, 0.15) is 5.82 Å². The molecular formula is C17H22ClN5O. The van der Waals surface area contributed by atoms with Gasteiger partial charge in [-0.05, 0) is 50.3 Å². The van der Waals surface area contributed by atoms with Gasteiger partial charge in [-0.2, -0.15) is 5.10 Å². The zero-order valence-electron chi connectivity index (χ0n) is 13.4. The summed E-state index contributed by atoms with van der Waals surface area (Å²) in [5, 5.41) is 13.4. The minimum Gasteiger partial charge on any atom is -0.325 e. The van der Waals surface area contributed by atoms with Crippen LogP contribution in [0.15, 0.2) is 24.3 Å². The van der Waals surface area contributed by atoms with Crippen molar-refractivity contribution in [1.82, 2.24) is 20.5 Å². The lowest BCUT2D eigenvalue weighted by atomic mass is 10.2. The SMILES string of the molecule is Cl.O=C(CNCC1CC1)Nc1cccc(-c2n[nH]c(C3CC3)n2)c1. The molecule has 4 rings (SSSR count). The average Bonchev–Trinajstić information content (AvgIpc) is 3.48. The van der Waals surface area contributed by atoms with Crippen LogP contribution in [0.4, 0.5) is 5.69 Å². The van der Waals surface area contributed by atoms with Crippen molar-refractivity contribution in [3.05, 3.63) is 30.1 Å². The maximum absolute atomic E-state index is 12.0. The van der Waals surface area contributed by atoms with Gasteiger partial charge in [0.15, 0.2) is 5.82 Å². The molecule has 128 valence electrons. The molecule has 7 heteroatoms. The van der Waals surface area contributed by atoms with E-state index in [1.807, 2.05) is 24.3 Å². The van der Waals surface area contributed by atoms with Crippen LogP contribution < -0.4 is 10.6 Å². The fourth-order valence-corrected chi connectivity index (χ4v) is 2.60. The van der Waals surface area contributed by atoms with Crippen LogP contribution in [0.2, 0.25) is 0 Å². The fourth-order valence-electron chi connectivity index (χ4n) is 2.60. The van der Waals surface area contributed by atoms with E-state index in [1.54, 1.807) is 0 Å². The number of nitrogens with one attached hydrogen (secondary N) is 3. The van der Waals surface area contributed by atoms with E-state index in [9.17, 15) is 4.79 Å². The van der Waals surface area contributed by atoms with Crippen LogP contribution in [0.25, 0.3) is 11.4 Å². The summed E-state index contributed by atoms with van der Waals surface area (Å²) in [4.78, 5) is 16.5. The van der Waals surface area contributed by atoms with Crippen LogP contribution in [0.5, 0.6) is 0 Å². The summed E-state index contributed by atoms with van der Waals surface area (Å²) < 4.78 is 0. The Kier molecular flexibility index (Phi) is 5.16. The van der Waals surface area contributed by atoms with E-state index in [0.717, 1.165) is 29.5 Å². The predicted octanol–water partition coefficient (Wildman–Crippen LogP) is 2.71. The summed E-state index contributed by atoms with van der Waals surface area (Å²) in [5.41, 5.74) is 1.69. The first-order valence-corrected chi connectivity index (χ1v) is 8.31. The zero-order valence-corrected chi connectivity index (χ0v) is 14.2. The molecule has 2 aromatic rings. The smallest absolute Gasteiger partial charge is 0.238 e. The Labute approximate surface area is 147 Å². The van der Waals surface area contributed by atoms with E-state index in [-0.39, 0.29) is 18.3 Å². The van der Waals surface area contributed by atoms with Gasteiger partial charge in [-0.25, -0.2) is 4.98 Å². The van der Waals surface area contributed by atoms with Crippen LogP contribution in [0, 0.1) is 5.92 Å². The highest BCUT2D eigenvalue weighted by molar-refractivity contribution is 5.92. The van der Waals surface area contributed by atoms with E-state index < -0.39 is 0 Å². The summed E-state index contributed by atoms with van der Waals surface area (Å²) >= 11 is 0. The minimum atomic E-state index is -0.0172. The Bertz CT molecular complexity index is 709. The molecule has 6 nitrogen and oxygen atoms in total. The van der Waals surface area contributed by atoms with Gasteiger partial charge < -0.3 is 10.6 Å². The van der Waals surface area contributed by atoms with Crippen molar-refractivity contribution < 1.29 is 4.79 Å². The number of rotatable bonds is 7. The first-order valence-electron chi connectivity index (χ1n) is 8.31. The van der Waals surface area contributed by atoms with Crippen LogP contribution in [-0.2, 0) is 4.79 Å². The molecular weight excluding hydrogens is 326 g/mol. The number of anilines is 1. The van der Waals surface area contributed by atoms with Crippen molar-refractivity contribution in [2.45, 2.75) is 31.6 Å². The molecule has 1 amide bonds. The molecule has 2 fully saturated rings. The van der Waals surface area contributed by atoms with E-state index in [4.69, 9.17) is 0 Å². The third kappa shape index (κ3) is 4.33. The van der Waals surface area contributed by atoms with Crippen LogP contribution >= 0.6 is 12.4 Å². The second-order valence-corrected chi connectivity index (χ2v) is 6.52. The Morgan fingerprint density at radius 2 is 2.08 bits per heavy atom. The molecule has 3 N–H and O–H groups in total. The van der Waals surface area contributed by atoms with Gasteiger partial charge in [-0.1, -0.05) is 12.1 Å². The monoisotopic (exact) mass is 347 g/mol. The lowest BCUT2D eigenvalue weighted by molar-refractivity contribution is -0.115. The summed E-state index contributed by atoms with van der Waals surface area (Å²) in [6.07, 6.45) is 4.96. The molecule has 0 atom stereocenters. The number of halogens is 1. The second-order valence-electron chi connectivity index (χ2n) is 6.52. The number of hydrogen-bond acceptors (Lipinski definition) is 4. The van der Waals surface area contributed by atoms with Crippen molar-refractivity contribution in [2.24, 2.45) is 5.92 Å². The highest BCUT2D eigenvalue weighted by atomic mass is 35.5. The minimum absolute atomic E-state index is 0. The van der Waals surface area contributed by atoms with Crippen molar-refractivity contribution in [3.63, 3.8) is 0 Å². The van der Waals surface area contributed by atoms with Crippen LogP contribution in [0.3, 0.4) is 0 Å². The summed E-state index contributed by atoms with van der Waals surface area (Å²) in [7, 11) is 0. The molecule has 0 spiro atoms. The summed E-state index contributed by atoms with van der Waals surface area (Å²) in [6.45, 7) is 1.29. The number of hydrogen-bond donors (Lipinski definition) is 3. The summed E-state index contributed by atoms with van der Waals surface area (Å²) in [5.74, 6) is 2.97. The molecule has 1 heterocycles. The largest absolute Gasteiger partial charge is 0.325 e. The summed E-state index contributed by atoms with van der Waals surface area (Å²) in [6, 6.07) is 7.67. The average molecular weight is 348 g/mol. The normalized spacial score (nSPS) is 16.5. The molecule has 1 aromatic heterocycles. The number of carbonyl (C=O) groups excluding carboxylic acids is 1. The standard InChI is InChI=1S/C17H21N5O.ClH/c23-15(10-18-9-11-4-5-11)19-14-3-1-2-13(8-14)17-20-16(21-22-17)12-6-7-12;/h1-3,8,11-12,18H,4-7,9-10H2,(H,19,23)(H,20,21,22);1H. The number of H-pyrrole nitrogens is 1. The first-order chi connectivity index (χ1) is 11.3. The maximum Gasteiger partial charge on any atom is 0.238 e. The molecule has 2 saturated carbocycles. The van der Waals surface area contributed by atoms with Gasteiger partial charge in [0.05, 0.1) is 6.54 Å². The second kappa shape index (κ2) is 7.32. The van der Waals surface area contributed by atoms with E-state index >= 15 is 0 Å². The molecule has 0 unspecified atom stereocenters. The number of benzene rings is 1. The highest BCUT2D eigenvalue weighted by Crippen LogP contribution is 2.38. The fraction of sp³-hybridized carbons (Fsp3) is 0.471. The molecule has 2 aliphatic rings. The highest BCUT2D eigenvalue weighted by Gasteiger charge is 2.27. The van der Waals surface area contributed by atoms with Crippen molar-refractivity contribution in [2.75, 3.05) is 18.4 Å². The third-order valence-electron chi connectivity index (χ3n) is 4.29. The topological polar surface area (TPSA) is 82.7 Å². The zero-order chi connectivity index (χ0) is 15.6. The van der Waals surface area contributed by atoms with Gasteiger partial charge in [0.2, 0.25) is 5.91 Å². The Morgan fingerprint density at radius 3 is 2.83 bits per heavy atom. The van der Waals surface area contributed by atoms with E-state index in [0.29, 0.717) is 18.3 Å².